The number of hydrazine groups is 1. The van der Waals surface area contributed by atoms with Gasteiger partial charge in [-0.05, 0) is 42.5 Å². The average Bonchev–Trinajstić information content (AvgIpc) is 2.56. The van der Waals surface area contributed by atoms with Crippen molar-refractivity contribution in [2.24, 2.45) is 0 Å². The molecule has 3 amide bonds. The van der Waals surface area contributed by atoms with Crippen molar-refractivity contribution in [3.05, 3.63) is 57.5 Å². The lowest BCUT2D eigenvalue weighted by molar-refractivity contribution is -0.119. The molecule has 0 atom stereocenters. The molecule has 2 aromatic rings. The molecule has 0 saturated carbocycles. The molecule has 5 nitrogen and oxygen atoms in total. The lowest BCUT2D eigenvalue weighted by Gasteiger charge is -2.09. The zero-order chi connectivity index (χ0) is 17.5. The van der Waals surface area contributed by atoms with Crippen LogP contribution >= 0.6 is 46.6 Å². The van der Waals surface area contributed by atoms with Crippen molar-refractivity contribution in [3.8, 4) is 0 Å². The second-order valence-electron chi connectivity index (χ2n) is 4.50. The zero-order valence-electron chi connectivity index (χ0n) is 12.1. The van der Waals surface area contributed by atoms with Gasteiger partial charge in [0.1, 0.15) is 0 Å². The Morgan fingerprint density at radius 2 is 1.62 bits per heavy atom. The molecule has 0 fully saturated rings. The molecular formula is C15H12Cl3N3O2S. The van der Waals surface area contributed by atoms with E-state index in [1.54, 1.807) is 24.3 Å². The van der Waals surface area contributed by atoms with E-state index in [0.717, 1.165) is 4.90 Å². The highest BCUT2D eigenvalue weighted by Crippen LogP contribution is 2.24. The van der Waals surface area contributed by atoms with Crippen molar-refractivity contribution in [1.29, 1.82) is 0 Å². The average molecular weight is 405 g/mol. The van der Waals surface area contributed by atoms with E-state index in [1.807, 2.05) is 12.1 Å². The first-order chi connectivity index (χ1) is 11.4. The van der Waals surface area contributed by atoms with Crippen LogP contribution in [0.3, 0.4) is 0 Å². The molecule has 3 N–H and O–H groups in total. The Bertz CT molecular complexity index is 741. The van der Waals surface area contributed by atoms with E-state index in [-0.39, 0.29) is 11.7 Å². The predicted octanol–water partition coefficient (Wildman–Crippen LogP) is 4.59. The first kappa shape index (κ1) is 18.7. The Morgan fingerprint density at radius 3 is 2.29 bits per heavy atom. The van der Waals surface area contributed by atoms with Crippen molar-refractivity contribution in [2.75, 3.05) is 11.1 Å². The van der Waals surface area contributed by atoms with Crippen LogP contribution in [-0.2, 0) is 4.79 Å². The van der Waals surface area contributed by atoms with E-state index in [9.17, 15) is 9.59 Å². The highest BCUT2D eigenvalue weighted by Gasteiger charge is 2.07. The second kappa shape index (κ2) is 9.03. The maximum Gasteiger partial charge on any atom is 0.337 e. The molecule has 0 radical (unpaired) electrons. The number of nitrogens with one attached hydrogen (secondary N) is 3. The zero-order valence-corrected chi connectivity index (χ0v) is 15.2. The maximum atomic E-state index is 11.7. The number of carbonyl (C=O) groups is 2. The van der Waals surface area contributed by atoms with Gasteiger partial charge in [0.05, 0.1) is 15.8 Å². The molecule has 0 unspecified atom stereocenters. The van der Waals surface area contributed by atoms with Crippen molar-refractivity contribution < 1.29 is 9.59 Å². The van der Waals surface area contributed by atoms with Gasteiger partial charge in [-0.2, -0.15) is 0 Å². The Labute approximate surface area is 158 Å². The molecular weight excluding hydrogens is 393 g/mol. The third-order valence-electron chi connectivity index (χ3n) is 2.68. The van der Waals surface area contributed by atoms with Gasteiger partial charge < -0.3 is 5.32 Å². The number of thioether (sulfide) groups is 1. The third-order valence-corrected chi connectivity index (χ3v) is 4.68. The van der Waals surface area contributed by atoms with E-state index < -0.39 is 6.03 Å². The topological polar surface area (TPSA) is 70.2 Å². The minimum Gasteiger partial charge on any atom is -0.307 e. The van der Waals surface area contributed by atoms with E-state index in [1.165, 1.54) is 17.8 Å². The number of hydrogen-bond acceptors (Lipinski definition) is 3. The minimum absolute atomic E-state index is 0.148. The second-order valence-corrected chi connectivity index (χ2v) is 6.80. The molecule has 0 aliphatic heterocycles. The molecule has 0 saturated heterocycles. The van der Waals surface area contributed by atoms with E-state index in [0.29, 0.717) is 20.8 Å². The summed E-state index contributed by atoms with van der Waals surface area (Å²) in [4.78, 5) is 24.3. The van der Waals surface area contributed by atoms with Gasteiger partial charge in [-0.1, -0.05) is 34.8 Å². The van der Waals surface area contributed by atoms with Gasteiger partial charge in [-0.15, -0.1) is 11.8 Å². The molecule has 126 valence electrons. The van der Waals surface area contributed by atoms with Gasteiger partial charge in [0.15, 0.2) is 0 Å². The number of hydrogen-bond donors (Lipinski definition) is 3. The summed E-state index contributed by atoms with van der Waals surface area (Å²) in [6.07, 6.45) is 0. The summed E-state index contributed by atoms with van der Waals surface area (Å²) in [5.41, 5.74) is 5.00. The number of anilines is 1. The third kappa shape index (κ3) is 6.13. The smallest absolute Gasteiger partial charge is 0.307 e. The molecule has 0 aliphatic rings. The molecule has 0 aromatic heterocycles. The fraction of sp³-hybridized carbons (Fsp3) is 0.0667. The lowest BCUT2D eigenvalue weighted by atomic mass is 10.3. The van der Waals surface area contributed by atoms with E-state index in [4.69, 9.17) is 34.8 Å². The van der Waals surface area contributed by atoms with Crippen molar-refractivity contribution in [1.82, 2.24) is 10.9 Å². The lowest BCUT2D eigenvalue weighted by Crippen LogP contribution is -2.44. The summed E-state index contributed by atoms with van der Waals surface area (Å²) in [6.45, 7) is 0. The van der Waals surface area contributed by atoms with Gasteiger partial charge in [-0.25, -0.2) is 10.2 Å². The van der Waals surface area contributed by atoms with Crippen LogP contribution in [0, 0.1) is 0 Å². The predicted molar refractivity (Wildman–Crippen MR) is 98.9 cm³/mol. The highest BCUT2D eigenvalue weighted by atomic mass is 35.5. The van der Waals surface area contributed by atoms with Crippen LogP contribution in [0.4, 0.5) is 10.5 Å². The Hall–Kier alpha value is -1.60. The van der Waals surface area contributed by atoms with Crippen molar-refractivity contribution in [2.45, 2.75) is 4.90 Å². The number of amides is 3. The van der Waals surface area contributed by atoms with Crippen LogP contribution in [0.15, 0.2) is 47.4 Å². The first-order valence-corrected chi connectivity index (χ1v) is 8.75. The van der Waals surface area contributed by atoms with Crippen LogP contribution < -0.4 is 16.2 Å². The Kier molecular flexibility index (Phi) is 7.05. The molecule has 24 heavy (non-hydrogen) atoms. The summed E-state index contributed by atoms with van der Waals surface area (Å²) in [5.74, 6) is -0.200. The van der Waals surface area contributed by atoms with Gasteiger partial charge in [0.25, 0.3) is 0 Å². The van der Waals surface area contributed by atoms with Gasteiger partial charge >= 0.3 is 6.03 Å². The van der Waals surface area contributed by atoms with E-state index >= 15 is 0 Å². The Morgan fingerprint density at radius 1 is 0.917 bits per heavy atom. The molecule has 0 bridgehead atoms. The van der Waals surface area contributed by atoms with Gasteiger partial charge in [0.2, 0.25) is 5.91 Å². The largest absolute Gasteiger partial charge is 0.337 e. The van der Waals surface area contributed by atoms with Crippen molar-refractivity contribution >= 4 is 64.2 Å². The maximum absolute atomic E-state index is 11.7. The summed E-state index contributed by atoms with van der Waals surface area (Å²) >= 11 is 18.7. The monoisotopic (exact) mass is 403 g/mol. The number of halogens is 3. The first-order valence-electron chi connectivity index (χ1n) is 6.63. The summed E-state index contributed by atoms with van der Waals surface area (Å²) in [5, 5.41) is 3.85. The fourth-order valence-electron chi connectivity index (χ4n) is 1.58. The van der Waals surface area contributed by atoms with Crippen LogP contribution in [0.1, 0.15) is 0 Å². The minimum atomic E-state index is -0.599. The molecule has 2 aromatic carbocycles. The summed E-state index contributed by atoms with van der Waals surface area (Å²) < 4.78 is 0. The summed E-state index contributed by atoms with van der Waals surface area (Å²) in [7, 11) is 0. The van der Waals surface area contributed by atoms with Crippen LogP contribution in [0.25, 0.3) is 0 Å². The molecule has 9 heteroatoms. The standard InChI is InChI=1S/C15H12Cl3N3O2S/c16-9-1-4-11(5-2-9)24-8-14(22)20-21-15(23)19-10-3-6-12(17)13(18)7-10/h1-7H,8H2,(H,20,22)(H2,19,21,23). The Balaban J connectivity index is 1.73. The fourth-order valence-corrected chi connectivity index (χ4v) is 2.70. The van der Waals surface area contributed by atoms with Gasteiger partial charge in [0, 0.05) is 15.6 Å². The molecule has 0 aliphatic carbocycles. The van der Waals surface area contributed by atoms with Gasteiger partial charge in [-0.3, -0.25) is 10.2 Å². The summed E-state index contributed by atoms with van der Waals surface area (Å²) in [6, 6.07) is 11.2. The molecule has 0 heterocycles. The SMILES string of the molecule is O=C(CSc1ccc(Cl)cc1)NNC(=O)Nc1ccc(Cl)c(Cl)c1. The van der Waals surface area contributed by atoms with Crippen LogP contribution in [0.5, 0.6) is 0 Å². The molecule has 2 rings (SSSR count). The number of rotatable bonds is 4. The van der Waals surface area contributed by atoms with E-state index in [2.05, 4.69) is 16.2 Å². The highest BCUT2D eigenvalue weighted by molar-refractivity contribution is 8.00. The van der Waals surface area contributed by atoms with Crippen LogP contribution in [0.2, 0.25) is 15.1 Å². The number of carbonyl (C=O) groups excluding carboxylic acids is 2. The normalized spacial score (nSPS) is 10.1. The van der Waals surface area contributed by atoms with Crippen molar-refractivity contribution in [3.63, 3.8) is 0 Å². The molecule has 0 spiro atoms. The quantitative estimate of drug-likeness (QED) is 0.515. The van der Waals surface area contributed by atoms with Crippen LogP contribution in [-0.4, -0.2) is 17.7 Å². The number of urea groups is 1. The number of benzene rings is 2.